The fraction of sp³-hybridized carbons (Fsp3) is 0.412. The van der Waals surface area contributed by atoms with Crippen molar-refractivity contribution in [2.45, 2.75) is 25.3 Å². The summed E-state index contributed by atoms with van der Waals surface area (Å²) in [6.07, 6.45) is 4.18. The minimum absolute atomic E-state index is 0.00671. The van der Waals surface area contributed by atoms with Crippen molar-refractivity contribution in [3.63, 3.8) is 0 Å². The van der Waals surface area contributed by atoms with E-state index in [9.17, 15) is 14.4 Å². The third kappa shape index (κ3) is 5.06. The van der Waals surface area contributed by atoms with Crippen LogP contribution in [0.25, 0.3) is 10.9 Å². The zero-order valence-corrected chi connectivity index (χ0v) is 14.8. The van der Waals surface area contributed by atoms with Gasteiger partial charge in [-0.05, 0) is 37.0 Å². The van der Waals surface area contributed by atoms with Crippen LogP contribution in [0.4, 0.5) is 0 Å². The SMILES string of the molecule is CSCC[C@H](C(=O)NCCCC(=O)O)n1cnc2ccccc2c1=O. The molecule has 0 radical (unpaired) electrons. The number of fused-ring (bicyclic) bond motifs is 1. The number of nitrogens with one attached hydrogen (secondary N) is 1. The van der Waals surface area contributed by atoms with Crippen LogP contribution in [-0.4, -0.2) is 45.1 Å². The van der Waals surface area contributed by atoms with Gasteiger partial charge >= 0.3 is 5.97 Å². The summed E-state index contributed by atoms with van der Waals surface area (Å²) in [6.45, 7) is 0.261. The predicted molar refractivity (Wildman–Crippen MR) is 97.9 cm³/mol. The highest BCUT2D eigenvalue weighted by Crippen LogP contribution is 2.15. The second-order valence-corrected chi connectivity index (χ2v) is 6.55. The van der Waals surface area contributed by atoms with Crippen molar-refractivity contribution in [3.05, 3.63) is 40.9 Å². The van der Waals surface area contributed by atoms with Gasteiger partial charge in [0.15, 0.2) is 0 Å². The van der Waals surface area contributed by atoms with Crippen LogP contribution >= 0.6 is 11.8 Å². The van der Waals surface area contributed by atoms with E-state index in [2.05, 4.69) is 10.3 Å². The van der Waals surface area contributed by atoms with Gasteiger partial charge in [0.05, 0.1) is 17.2 Å². The van der Waals surface area contributed by atoms with Gasteiger partial charge in [-0.3, -0.25) is 19.0 Å². The molecule has 0 aliphatic heterocycles. The molecule has 0 spiro atoms. The van der Waals surface area contributed by atoms with Crippen LogP contribution in [0.5, 0.6) is 0 Å². The first-order valence-electron chi connectivity index (χ1n) is 7.99. The topological polar surface area (TPSA) is 101 Å². The molecular weight excluding hydrogens is 342 g/mol. The minimum Gasteiger partial charge on any atom is -0.481 e. The molecule has 2 aromatic rings. The summed E-state index contributed by atoms with van der Waals surface area (Å²) in [5, 5.41) is 11.8. The zero-order chi connectivity index (χ0) is 18.2. The van der Waals surface area contributed by atoms with E-state index in [0.717, 1.165) is 0 Å². The van der Waals surface area contributed by atoms with Gasteiger partial charge in [-0.1, -0.05) is 12.1 Å². The van der Waals surface area contributed by atoms with Gasteiger partial charge < -0.3 is 10.4 Å². The second-order valence-electron chi connectivity index (χ2n) is 5.56. The molecule has 25 heavy (non-hydrogen) atoms. The third-order valence-corrected chi connectivity index (χ3v) is 4.43. The first kappa shape index (κ1) is 19.0. The van der Waals surface area contributed by atoms with E-state index >= 15 is 0 Å². The maximum atomic E-state index is 12.7. The lowest BCUT2D eigenvalue weighted by atomic mass is 10.1. The average molecular weight is 363 g/mol. The lowest BCUT2D eigenvalue weighted by molar-refractivity contribution is -0.137. The summed E-state index contributed by atoms with van der Waals surface area (Å²) < 4.78 is 1.37. The summed E-state index contributed by atoms with van der Waals surface area (Å²) in [6, 6.07) is 6.35. The summed E-state index contributed by atoms with van der Waals surface area (Å²) in [5.41, 5.74) is 0.339. The Morgan fingerprint density at radius 3 is 2.84 bits per heavy atom. The number of hydrogen-bond acceptors (Lipinski definition) is 5. The molecule has 0 fully saturated rings. The van der Waals surface area contributed by atoms with Crippen LogP contribution in [0.3, 0.4) is 0 Å². The van der Waals surface area contributed by atoms with Crippen LogP contribution < -0.4 is 10.9 Å². The summed E-state index contributed by atoms with van der Waals surface area (Å²) in [4.78, 5) is 40.1. The molecule has 0 bridgehead atoms. The number of thioether (sulfide) groups is 1. The monoisotopic (exact) mass is 363 g/mol. The van der Waals surface area contributed by atoms with E-state index in [1.807, 2.05) is 6.26 Å². The van der Waals surface area contributed by atoms with Gasteiger partial charge in [0.2, 0.25) is 5.91 Å². The number of carbonyl (C=O) groups is 2. The standard InChI is InChI=1S/C17H21N3O4S/c1-25-10-8-14(16(23)18-9-4-7-15(21)22)20-11-19-13-6-3-2-5-12(13)17(20)24/h2-3,5-6,11,14H,4,7-10H2,1H3,(H,18,23)(H,21,22)/t14-/m1/s1. The maximum absolute atomic E-state index is 12.7. The number of hydrogen-bond donors (Lipinski definition) is 2. The molecule has 8 heteroatoms. The number of para-hydroxylation sites is 1. The van der Waals surface area contributed by atoms with Gasteiger partial charge in [0, 0.05) is 13.0 Å². The van der Waals surface area contributed by atoms with Crippen molar-refractivity contribution in [1.82, 2.24) is 14.9 Å². The lowest BCUT2D eigenvalue weighted by Gasteiger charge is -2.19. The molecule has 1 atom stereocenters. The van der Waals surface area contributed by atoms with Crippen LogP contribution in [0, 0.1) is 0 Å². The summed E-state index contributed by atoms with van der Waals surface area (Å²) in [7, 11) is 0. The molecule has 0 saturated carbocycles. The number of carbonyl (C=O) groups excluding carboxylic acids is 1. The first-order chi connectivity index (χ1) is 12.0. The molecule has 1 aromatic heterocycles. The van der Waals surface area contributed by atoms with Crippen LogP contribution in [-0.2, 0) is 9.59 Å². The Bertz CT molecular complexity index is 806. The molecule has 0 aliphatic rings. The molecular formula is C17H21N3O4S. The number of carboxylic acid groups (broad SMARTS) is 1. The van der Waals surface area contributed by atoms with E-state index < -0.39 is 12.0 Å². The summed E-state index contributed by atoms with van der Waals surface area (Å²) >= 11 is 1.59. The number of rotatable bonds is 9. The predicted octanol–water partition coefficient (Wildman–Crippen LogP) is 1.67. The van der Waals surface area contributed by atoms with E-state index in [-0.39, 0.29) is 24.4 Å². The molecule has 1 heterocycles. The van der Waals surface area contributed by atoms with Gasteiger partial charge in [-0.2, -0.15) is 11.8 Å². The number of aromatic nitrogens is 2. The Labute approximate surface area is 149 Å². The van der Waals surface area contributed by atoms with E-state index in [1.54, 1.807) is 36.0 Å². The Kier molecular flexibility index (Phi) is 7.00. The van der Waals surface area contributed by atoms with Gasteiger partial charge in [0.1, 0.15) is 6.04 Å². The average Bonchev–Trinajstić information content (AvgIpc) is 2.60. The molecule has 1 aromatic carbocycles. The molecule has 2 rings (SSSR count). The summed E-state index contributed by atoms with van der Waals surface area (Å²) in [5.74, 6) is -0.478. The molecule has 2 N–H and O–H groups in total. The van der Waals surface area contributed by atoms with Crippen molar-refractivity contribution < 1.29 is 14.7 Å². The lowest BCUT2D eigenvalue weighted by Crippen LogP contribution is -2.38. The smallest absolute Gasteiger partial charge is 0.303 e. The van der Waals surface area contributed by atoms with Crippen LogP contribution in [0.1, 0.15) is 25.3 Å². The molecule has 0 aliphatic carbocycles. The highest BCUT2D eigenvalue weighted by atomic mass is 32.2. The number of aliphatic carboxylic acids is 1. The van der Waals surface area contributed by atoms with Gasteiger partial charge in [-0.15, -0.1) is 0 Å². The van der Waals surface area contributed by atoms with E-state index in [4.69, 9.17) is 5.11 Å². The highest BCUT2D eigenvalue weighted by Gasteiger charge is 2.22. The number of nitrogens with zero attached hydrogens (tertiary/aromatic N) is 2. The van der Waals surface area contributed by atoms with Crippen molar-refractivity contribution in [1.29, 1.82) is 0 Å². The molecule has 1 amide bonds. The van der Waals surface area contributed by atoms with Crippen LogP contribution in [0.15, 0.2) is 35.4 Å². The second kappa shape index (κ2) is 9.22. The molecule has 7 nitrogen and oxygen atoms in total. The molecule has 134 valence electrons. The Hall–Kier alpha value is -2.35. The largest absolute Gasteiger partial charge is 0.481 e. The minimum atomic E-state index is -0.900. The van der Waals surface area contributed by atoms with Gasteiger partial charge in [0.25, 0.3) is 5.56 Å². The Balaban J connectivity index is 2.21. The quantitative estimate of drug-likeness (QED) is 0.657. The highest BCUT2D eigenvalue weighted by molar-refractivity contribution is 7.98. The number of benzene rings is 1. The maximum Gasteiger partial charge on any atom is 0.303 e. The van der Waals surface area contributed by atoms with Crippen molar-refractivity contribution in [3.8, 4) is 0 Å². The molecule has 0 saturated heterocycles. The third-order valence-electron chi connectivity index (χ3n) is 3.79. The van der Waals surface area contributed by atoms with Crippen molar-refractivity contribution in [2.75, 3.05) is 18.6 Å². The van der Waals surface area contributed by atoms with E-state index in [1.165, 1.54) is 10.9 Å². The van der Waals surface area contributed by atoms with Gasteiger partial charge in [-0.25, -0.2) is 4.98 Å². The fourth-order valence-corrected chi connectivity index (χ4v) is 2.96. The van der Waals surface area contributed by atoms with Crippen LogP contribution in [0.2, 0.25) is 0 Å². The van der Waals surface area contributed by atoms with Crippen molar-refractivity contribution >= 4 is 34.5 Å². The van der Waals surface area contributed by atoms with Crippen molar-refractivity contribution in [2.24, 2.45) is 0 Å². The Morgan fingerprint density at radius 2 is 2.12 bits per heavy atom. The Morgan fingerprint density at radius 1 is 1.36 bits per heavy atom. The number of carboxylic acids is 1. The fourth-order valence-electron chi connectivity index (χ4n) is 2.50. The van der Waals surface area contributed by atoms with E-state index in [0.29, 0.717) is 29.5 Å². The normalized spacial score (nSPS) is 12.0. The molecule has 0 unspecified atom stereocenters. The first-order valence-corrected chi connectivity index (χ1v) is 9.38. The zero-order valence-electron chi connectivity index (χ0n) is 14.0. The number of amides is 1.